The number of nitrogens with one attached hydrogen (secondary N) is 1. The summed E-state index contributed by atoms with van der Waals surface area (Å²) in [6, 6.07) is 0. The van der Waals surface area contributed by atoms with Crippen molar-refractivity contribution in [1.82, 2.24) is 24.9 Å². The van der Waals surface area contributed by atoms with Crippen LogP contribution in [0.4, 0.5) is 0 Å². The Kier molecular flexibility index (Phi) is 4.50. The molecule has 6 heteroatoms. The van der Waals surface area contributed by atoms with Gasteiger partial charge in [-0.2, -0.15) is 10.2 Å². The third kappa shape index (κ3) is 3.30. The molecule has 1 aliphatic heterocycles. The van der Waals surface area contributed by atoms with E-state index in [2.05, 4.69) is 28.4 Å². The Morgan fingerprint density at radius 2 is 2.09 bits per heavy atom. The smallest absolute Gasteiger partial charge is 0.227 e. The van der Waals surface area contributed by atoms with Gasteiger partial charge in [-0.1, -0.05) is 0 Å². The van der Waals surface area contributed by atoms with Gasteiger partial charge in [0, 0.05) is 37.1 Å². The molecular weight excluding hydrogens is 290 g/mol. The van der Waals surface area contributed by atoms with Crippen molar-refractivity contribution in [2.75, 3.05) is 13.1 Å². The van der Waals surface area contributed by atoms with Gasteiger partial charge in [0.1, 0.15) is 0 Å². The third-order valence-electron chi connectivity index (χ3n) is 4.90. The lowest BCUT2D eigenvalue weighted by molar-refractivity contribution is -0.131. The number of aryl methyl sites for hydroxylation is 3. The molecule has 3 rings (SSSR count). The van der Waals surface area contributed by atoms with Crippen molar-refractivity contribution in [3.63, 3.8) is 0 Å². The maximum Gasteiger partial charge on any atom is 0.227 e. The van der Waals surface area contributed by atoms with Gasteiger partial charge in [-0.05, 0) is 45.1 Å². The number of carbonyl (C=O) groups is 1. The number of likely N-dealkylation sites (tertiary alicyclic amines) is 1. The average Bonchev–Trinajstić information content (AvgIpc) is 3.17. The molecule has 0 saturated carbocycles. The van der Waals surface area contributed by atoms with Crippen LogP contribution in [0.5, 0.6) is 0 Å². The molecule has 0 aliphatic carbocycles. The van der Waals surface area contributed by atoms with E-state index in [1.807, 2.05) is 29.6 Å². The van der Waals surface area contributed by atoms with E-state index in [0.29, 0.717) is 12.3 Å². The Morgan fingerprint density at radius 3 is 2.65 bits per heavy atom. The molecule has 1 aliphatic rings. The van der Waals surface area contributed by atoms with E-state index in [0.717, 1.165) is 49.4 Å². The van der Waals surface area contributed by atoms with Gasteiger partial charge in [0.15, 0.2) is 0 Å². The van der Waals surface area contributed by atoms with Crippen molar-refractivity contribution >= 4 is 5.91 Å². The highest BCUT2D eigenvalue weighted by atomic mass is 16.2. The highest BCUT2D eigenvalue weighted by Gasteiger charge is 2.25. The van der Waals surface area contributed by atoms with Crippen molar-refractivity contribution < 1.29 is 4.79 Å². The molecule has 2 aromatic rings. The van der Waals surface area contributed by atoms with Crippen LogP contribution in [0.15, 0.2) is 12.4 Å². The molecule has 23 heavy (non-hydrogen) atoms. The Hall–Kier alpha value is -2.11. The number of aromatic nitrogens is 4. The topological polar surface area (TPSA) is 66.8 Å². The maximum absolute atomic E-state index is 12.5. The minimum atomic E-state index is 0.209. The van der Waals surface area contributed by atoms with E-state index >= 15 is 0 Å². The molecule has 0 radical (unpaired) electrons. The largest absolute Gasteiger partial charge is 0.342 e. The second kappa shape index (κ2) is 6.56. The number of carbonyl (C=O) groups excluding carboxylic acids is 1. The van der Waals surface area contributed by atoms with E-state index in [1.165, 1.54) is 5.56 Å². The van der Waals surface area contributed by atoms with Crippen LogP contribution in [0.25, 0.3) is 0 Å². The first-order valence-corrected chi connectivity index (χ1v) is 8.39. The van der Waals surface area contributed by atoms with Gasteiger partial charge in [-0.25, -0.2) is 0 Å². The Balaban J connectivity index is 1.57. The second-order valence-electron chi connectivity index (χ2n) is 6.37. The monoisotopic (exact) mass is 315 g/mol. The summed E-state index contributed by atoms with van der Waals surface area (Å²) in [5.41, 5.74) is 4.28. The number of hydrogen-bond acceptors (Lipinski definition) is 3. The summed E-state index contributed by atoms with van der Waals surface area (Å²) in [5, 5.41) is 11.5. The highest BCUT2D eigenvalue weighted by molar-refractivity contribution is 5.79. The third-order valence-corrected chi connectivity index (χ3v) is 4.90. The number of aromatic amines is 1. The van der Waals surface area contributed by atoms with E-state index in [1.54, 1.807) is 0 Å². The molecule has 0 atom stereocenters. The van der Waals surface area contributed by atoms with Gasteiger partial charge in [0.25, 0.3) is 0 Å². The summed E-state index contributed by atoms with van der Waals surface area (Å²) in [7, 11) is 0. The van der Waals surface area contributed by atoms with E-state index in [-0.39, 0.29) is 5.91 Å². The van der Waals surface area contributed by atoms with Crippen LogP contribution in [0.3, 0.4) is 0 Å². The number of H-pyrrole nitrogens is 1. The zero-order valence-corrected chi connectivity index (χ0v) is 14.2. The Labute approximate surface area is 136 Å². The van der Waals surface area contributed by atoms with Crippen molar-refractivity contribution in [1.29, 1.82) is 0 Å². The zero-order valence-electron chi connectivity index (χ0n) is 14.2. The van der Waals surface area contributed by atoms with Gasteiger partial charge >= 0.3 is 0 Å². The van der Waals surface area contributed by atoms with Crippen molar-refractivity contribution in [2.45, 2.75) is 52.5 Å². The van der Waals surface area contributed by atoms with Crippen LogP contribution in [0.2, 0.25) is 0 Å². The lowest BCUT2D eigenvalue weighted by Crippen LogP contribution is -2.38. The second-order valence-corrected chi connectivity index (χ2v) is 6.37. The van der Waals surface area contributed by atoms with E-state index in [9.17, 15) is 4.79 Å². The Bertz CT molecular complexity index is 659. The van der Waals surface area contributed by atoms with Crippen molar-refractivity contribution in [2.24, 2.45) is 0 Å². The molecule has 0 bridgehead atoms. The molecule has 6 nitrogen and oxygen atoms in total. The molecular formula is C17H25N5O. The lowest BCUT2D eigenvalue weighted by Gasteiger charge is -2.31. The summed E-state index contributed by atoms with van der Waals surface area (Å²) in [6.07, 6.45) is 6.60. The van der Waals surface area contributed by atoms with Gasteiger partial charge in [-0.3, -0.25) is 14.6 Å². The minimum Gasteiger partial charge on any atom is -0.342 e. The molecule has 1 saturated heterocycles. The first-order chi connectivity index (χ1) is 11.1. The fraction of sp³-hybridized carbons (Fsp3) is 0.588. The van der Waals surface area contributed by atoms with Crippen LogP contribution in [-0.4, -0.2) is 43.9 Å². The van der Waals surface area contributed by atoms with Crippen LogP contribution < -0.4 is 0 Å². The normalized spacial score (nSPS) is 16.0. The molecule has 1 amide bonds. The lowest BCUT2D eigenvalue weighted by atomic mass is 9.91. The van der Waals surface area contributed by atoms with Crippen molar-refractivity contribution in [3.05, 3.63) is 34.9 Å². The average molecular weight is 315 g/mol. The van der Waals surface area contributed by atoms with Gasteiger partial charge < -0.3 is 4.90 Å². The van der Waals surface area contributed by atoms with Gasteiger partial charge in [-0.15, -0.1) is 0 Å². The minimum absolute atomic E-state index is 0.209. The predicted molar refractivity (Wildman–Crippen MR) is 88.2 cm³/mol. The predicted octanol–water partition coefficient (Wildman–Crippen LogP) is 2.19. The first-order valence-electron chi connectivity index (χ1n) is 8.39. The fourth-order valence-electron chi connectivity index (χ4n) is 3.32. The molecule has 1 fully saturated rings. The van der Waals surface area contributed by atoms with E-state index < -0.39 is 0 Å². The molecule has 0 aromatic carbocycles. The summed E-state index contributed by atoms with van der Waals surface area (Å²) >= 11 is 0. The van der Waals surface area contributed by atoms with E-state index in [4.69, 9.17) is 0 Å². The summed E-state index contributed by atoms with van der Waals surface area (Å²) in [4.78, 5) is 14.5. The first kappa shape index (κ1) is 15.8. The summed E-state index contributed by atoms with van der Waals surface area (Å²) in [6.45, 7) is 8.58. The molecule has 2 aromatic heterocycles. The number of nitrogens with zero attached hydrogens (tertiary/aromatic N) is 4. The van der Waals surface area contributed by atoms with Crippen LogP contribution in [-0.2, 0) is 17.8 Å². The molecule has 3 heterocycles. The van der Waals surface area contributed by atoms with Gasteiger partial charge in [0.2, 0.25) is 5.91 Å². The van der Waals surface area contributed by atoms with Crippen molar-refractivity contribution in [3.8, 4) is 0 Å². The molecule has 1 N–H and O–H groups in total. The van der Waals surface area contributed by atoms with Crippen LogP contribution >= 0.6 is 0 Å². The fourth-order valence-corrected chi connectivity index (χ4v) is 3.32. The number of rotatable bonds is 4. The highest BCUT2D eigenvalue weighted by Crippen LogP contribution is 2.28. The SMILES string of the molecule is CCn1cc(C2CCN(C(=O)Cc3c(C)n[nH]c3C)CC2)cn1. The maximum atomic E-state index is 12.5. The molecule has 124 valence electrons. The zero-order chi connectivity index (χ0) is 16.4. The number of piperidine rings is 1. The Morgan fingerprint density at radius 1 is 1.35 bits per heavy atom. The quantitative estimate of drug-likeness (QED) is 0.940. The number of hydrogen-bond donors (Lipinski definition) is 1. The molecule has 0 spiro atoms. The standard InChI is InChI=1S/C17H25N5O/c1-4-22-11-15(10-18-22)14-5-7-21(8-6-14)17(23)9-16-12(2)19-20-13(16)3/h10-11,14H,4-9H2,1-3H3,(H,19,20). The number of amides is 1. The van der Waals surface area contributed by atoms with Crippen LogP contribution in [0.1, 0.15) is 48.2 Å². The summed E-state index contributed by atoms with van der Waals surface area (Å²) in [5.74, 6) is 0.733. The summed E-state index contributed by atoms with van der Waals surface area (Å²) < 4.78 is 1.97. The molecule has 0 unspecified atom stereocenters. The van der Waals surface area contributed by atoms with Gasteiger partial charge in [0.05, 0.1) is 18.3 Å². The van der Waals surface area contributed by atoms with Crippen LogP contribution in [0, 0.1) is 13.8 Å².